The van der Waals surface area contributed by atoms with E-state index in [0.717, 1.165) is 54.1 Å². The van der Waals surface area contributed by atoms with Crippen molar-refractivity contribution in [3.63, 3.8) is 0 Å². The van der Waals surface area contributed by atoms with Crippen molar-refractivity contribution in [2.45, 2.75) is 32.2 Å². The molecule has 34 heavy (non-hydrogen) atoms. The molecule has 8 nitrogen and oxygen atoms in total. The molecule has 1 aliphatic heterocycles. The van der Waals surface area contributed by atoms with Crippen LogP contribution in [-0.4, -0.2) is 49.0 Å². The molecule has 0 amide bonds. The number of imidazole rings is 1. The van der Waals surface area contributed by atoms with Crippen molar-refractivity contribution in [2.75, 3.05) is 23.4 Å². The summed E-state index contributed by atoms with van der Waals surface area (Å²) < 4.78 is 1.73. The number of anilines is 3. The number of rotatable bonds is 7. The number of allylic oxidation sites excluding steroid dienone is 1. The highest BCUT2D eigenvalue weighted by molar-refractivity contribution is 5.78. The van der Waals surface area contributed by atoms with E-state index in [-0.39, 0.29) is 18.4 Å². The van der Waals surface area contributed by atoms with Gasteiger partial charge in [0.25, 0.3) is 0 Å². The summed E-state index contributed by atoms with van der Waals surface area (Å²) in [6.07, 6.45) is 8.09. The van der Waals surface area contributed by atoms with Gasteiger partial charge in [-0.3, -0.25) is 0 Å². The molecule has 1 fully saturated rings. The first-order valence-electron chi connectivity index (χ1n) is 11.6. The Bertz CT molecular complexity index is 1330. The number of hydrogen-bond acceptors (Lipinski definition) is 7. The molecule has 4 aromatic rings. The van der Waals surface area contributed by atoms with Gasteiger partial charge in [0.15, 0.2) is 5.65 Å². The van der Waals surface area contributed by atoms with Gasteiger partial charge in [-0.1, -0.05) is 31.2 Å². The third kappa shape index (κ3) is 4.32. The highest BCUT2D eigenvalue weighted by atomic mass is 16.3. The average molecular weight is 457 g/mol. The minimum atomic E-state index is 0.111. The molecule has 0 radical (unpaired) electrons. The summed E-state index contributed by atoms with van der Waals surface area (Å²) >= 11 is 0. The van der Waals surface area contributed by atoms with Crippen LogP contribution >= 0.6 is 0 Å². The Kier molecular flexibility index (Phi) is 6.14. The van der Waals surface area contributed by atoms with Crippen molar-refractivity contribution < 1.29 is 10.2 Å². The van der Waals surface area contributed by atoms with Crippen molar-refractivity contribution in [3.05, 3.63) is 72.6 Å². The summed E-state index contributed by atoms with van der Waals surface area (Å²) in [4.78, 5) is 11.4. The maximum Gasteiger partial charge on any atom is 0.177 e. The Morgan fingerprint density at radius 1 is 1.21 bits per heavy atom. The minimum absolute atomic E-state index is 0.111. The van der Waals surface area contributed by atoms with E-state index in [1.165, 1.54) is 0 Å². The van der Waals surface area contributed by atoms with Gasteiger partial charge in [-0.25, -0.2) is 14.5 Å². The molecule has 3 N–H and O–H groups in total. The molecule has 174 valence electrons. The first-order chi connectivity index (χ1) is 16.7. The van der Waals surface area contributed by atoms with Crippen LogP contribution in [0.5, 0.6) is 0 Å². The Balaban J connectivity index is 1.50. The molecule has 0 spiro atoms. The van der Waals surface area contributed by atoms with Crippen LogP contribution < -0.4 is 10.2 Å². The predicted molar refractivity (Wildman–Crippen MR) is 134 cm³/mol. The molecule has 0 saturated carbocycles. The van der Waals surface area contributed by atoms with Gasteiger partial charge in [0, 0.05) is 30.1 Å². The lowest BCUT2D eigenvalue weighted by Crippen LogP contribution is -2.32. The zero-order valence-electron chi connectivity index (χ0n) is 19.1. The summed E-state index contributed by atoms with van der Waals surface area (Å²) in [6.45, 7) is 3.01. The van der Waals surface area contributed by atoms with Crippen molar-refractivity contribution in [3.8, 4) is 11.3 Å². The van der Waals surface area contributed by atoms with Crippen molar-refractivity contribution in [1.29, 1.82) is 0 Å². The van der Waals surface area contributed by atoms with E-state index in [1.54, 1.807) is 16.8 Å². The molecule has 5 rings (SSSR count). The molecule has 1 atom stereocenters. The van der Waals surface area contributed by atoms with Crippen LogP contribution in [0, 0.1) is 0 Å². The summed E-state index contributed by atoms with van der Waals surface area (Å²) in [6, 6.07) is 15.6. The van der Waals surface area contributed by atoms with E-state index >= 15 is 0 Å². The molecular formula is C26H28N6O2. The monoisotopic (exact) mass is 456 g/mol. The third-order valence-corrected chi connectivity index (χ3v) is 6.09. The first kappa shape index (κ1) is 21.9. The molecule has 3 aromatic heterocycles. The van der Waals surface area contributed by atoms with Crippen LogP contribution in [0.4, 0.5) is 17.3 Å². The Morgan fingerprint density at radius 3 is 2.94 bits per heavy atom. The maximum atomic E-state index is 10.3. The molecule has 1 saturated heterocycles. The zero-order valence-corrected chi connectivity index (χ0v) is 19.1. The fourth-order valence-electron chi connectivity index (χ4n) is 4.42. The average Bonchev–Trinajstić information content (AvgIpc) is 3.54. The fourth-order valence-corrected chi connectivity index (χ4v) is 4.42. The lowest BCUT2D eigenvalue weighted by molar-refractivity contribution is 0.266. The van der Waals surface area contributed by atoms with Gasteiger partial charge in [0.1, 0.15) is 17.4 Å². The van der Waals surface area contributed by atoms with E-state index in [9.17, 15) is 10.2 Å². The second-order valence-electron chi connectivity index (χ2n) is 8.40. The number of aliphatic hydroxyl groups excluding tert-OH is 2. The highest BCUT2D eigenvalue weighted by Crippen LogP contribution is 2.29. The Hall–Kier alpha value is -3.91. The molecule has 1 aromatic carbocycles. The highest BCUT2D eigenvalue weighted by Gasteiger charge is 2.25. The molecule has 8 heteroatoms. The molecular weight excluding hydrogens is 428 g/mol. The number of aromatic nitrogens is 4. The van der Waals surface area contributed by atoms with Crippen LogP contribution in [0.15, 0.2) is 67.0 Å². The van der Waals surface area contributed by atoms with Crippen LogP contribution in [0.2, 0.25) is 0 Å². The first-order valence-corrected chi connectivity index (χ1v) is 11.6. The Labute approximate surface area is 198 Å². The summed E-state index contributed by atoms with van der Waals surface area (Å²) in [5, 5.41) is 28.1. The van der Waals surface area contributed by atoms with Gasteiger partial charge in [-0.05, 0) is 49.6 Å². The zero-order chi connectivity index (χ0) is 23.5. The third-order valence-electron chi connectivity index (χ3n) is 6.09. The largest absolute Gasteiger partial charge is 0.508 e. The SMILES string of the molecule is CC/C=C(/O)c1cccc(-c2cc(Nc3cccc(N4CCCC4CO)n3)c3nccn3n2)c1. The van der Waals surface area contributed by atoms with E-state index < -0.39 is 0 Å². The molecule has 1 aliphatic rings. The minimum Gasteiger partial charge on any atom is -0.508 e. The van der Waals surface area contributed by atoms with E-state index in [0.29, 0.717) is 11.5 Å². The summed E-state index contributed by atoms with van der Waals surface area (Å²) in [5.41, 5.74) is 3.85. The van der Waals surface area contributed by atoms with E-state index in [2.05, 4.69) is 15.2 Å². The van der Waals surface area contributed by atoms with Gasteiger partial charge in [-0.15, -0.1) is 0 Å². The van der Waals surface area contributed by atoms with Crippen molar-refractivity contribution in [1.82, 2.24) is 19.6 Å². The summed E-state index contributed by atoms with van der Waals surface area (Å²) in [7, 11) is 0. The normalized spacial score (nSPS) is 16.4. The molecule has 4 heterocycles. The number of aliphatic hydroxyl groups is 2. The Morgan fingerprint density at radius 2 is 2.09 bits per heavy atom. The number of fused-ring (bicyclic) bond motifs is 1. The standard InChI is InChI=1S/C26H28N6O2/c1-2-6-23(34)19-8-3-7-18(15-19)21-16-22(26-27-12-14-32(26)30-21)28-24-10-4-11-25(29-24)31-13-5-9-20(31)17-33/h3-4,6-8,10-12,14-16,20,33-34H,2,5,9,13,17H2,1H3,(H,28,29)/b23-6+. The maximum absolute atomic E-state index is 10.3. The van der Waals surface area contributed by atoms with Crippen LogP contribution in [0.3, 0.4) is 0 Å². The van der Waals surface area contributed by atoms with Gasteiger partial charge in [0.2, 0.25) is 0 Å². The molecule has 0 aliphatic carbocycles. The van der Waals surface area contributed by atoms with Crippen molar-refractivity contribution >= 4 is 28.7 Å². The number of nitrogens with zero attached hydrogens (tertiary/aromatic N) is 5. The van der Waals surface area contributed by atoms with Gasteiger partial charge >= 0.3 is 0 Å². The number of benzene rings is 1. The molecule has 1 unspecified atom stereocenters. The predicted octanol–water partition coefficient (Wildman–Crippen LogP) is 4.80. The van der Waals surface area contributed by atoms with Crippen molar-refractivity contribution in [2.24, 2.45) is 0 Å². The topological polar surface area (TPSA) is 98.8 Å². The second kappa shape index (κ2) is 9.52. The number of hydrogen-bond donors (Lipinski definition) is 3. The lowest BCUT2D eigenvalue weighted by Gasteiger charge is -2.24. The van der Waals surface area contributed by atoms with E-state index in [1.807, 2.05) is 61.7 Å². The quantitative estimate of drug-likeness (QED) is 0.343. The smallest absolute Gasteiger partial charge is 0.177 e. The number of nitrogens with one attached hydrogen (secondary N) is 1. The van der Waals surface area contributed by atoms with Gasteiger partial charge < -0.3 is 20.4 Å². The van der Waals surface area contributed by atoms with Gasteiger partial charge in [0.05, 0.1) is 24.0 Å². The fraction of sp³-hybridized carbons (Fsp3) is 0.269. The van der Waals surface area contributed by atoms with Crippen LogP contribution in [0.25, 0.3) is 22.7 Å². The van der Waals surface area contributed by atoms with Crippen LogP contribution in [0.1, 0.15) is 31.7 Å². The summed E-state index contributed by atoms with van der Waals surface area (Å²) in [5.74, 6) is 1.80. The second-order valence-corrected chi connectivity index (χ2v) is 8.40. The number of pyridine rings is 1. The van der Waals surface area contributed by atoms with Crippen LogP contribution in [-0.2, 0) is 0 Å². The van der Waals surface area contributed by atoms with E-state index in [4.69, 9.17) is 10.1 Å². The molecule has 0 bridgehead atoms. The lowest BCUT2D eigenvalue weighted by atomic mass is 10.1. The van der Waals surface area contributed by atoms with Gasteiger partial charge in [-0.2, -0.15) is 5.10 Å².